The Morgan fingerprint density at radius 3 is 2.72 bits per heavy atom. The van der Waals surface area contributed by atoms with E-state index in [1.807, 2.05) is 43.3 Å². The molecule has 1 N–H and O–H groups in total. The number of carbonyl (C=O) groups excluding carboxylic acids is 2. The van der Waals surface area contributed by atoms with Gasteiger partial charge in [-0.05, 0) is 24.6 Å². The van der Waals surface area contributed by atoms with Crippen LogP contribution in [0.25, 0.3) is 0 Å². The van der Waals surface area contributed by atoms with Gasteiger partial charge in [0.1, 0.15) is 5.75 Å². The predicted molar refractivity (Wildman–Crippen MR) is 93.0 cm³/mol. The molecule has 6 nitrogen and oxygen atoms in total. The maximum Gasteiger partial charge on any atom is 0.225 e. The van der Waals surface area contributed by atoms with Crippen molar-refractivity contribution >= 4 is 11.8 Å². The van der Waals surface area contributed by atoms with Gasteiger partial charge in [0, 0.05) is 38.3 Å². The number of carbonyl (C=O) groups is 2. The molecular weight excluding hydrogens is 318 g/mol. The summed E-state index contributed by atoms with van der Waals surface area (Å²) in [5.74, 6) is 0.922. The third-order valence-electron chi connectivity index (χ3n) is 4.20. The second-order valence-corrected chi connectivity index (χ2v) is 5.97. The largest absolute Gasteiger partial charge is 0.439 e. The number of hydrogen-bond acceptors (Lipinski definition) is 4. The van der Waals surface area contributed by atoms with E-state index in [9.17, 15) is 9.59 Å². The van der Waals surface area contributed by atoms with Crippen LogP contribution in [-0.2, 0) is 16.1 Å². The fraction of sp³-hybridized carbons (Fsp3) is 0.316. The second-order valence-electron chi connectivity index (χ2n) is 5.97. The third-order valence-corrected chi connectivity index (χ3v) is 4.20. The molecule has 0 aliphatic carbocycles. The van der Waals surface area contributed by atoms with Gasteiger partial charge in [0.15, 0.2) is 0 Å². The molecule has 1 aromatic carbocycles. The van der Waals surface area contributed by atoms with Gasteiger partial charge >= 0.3 is 0 Å². The van der Waals surface area contributed by atoms with Gasteiger partial charge in [-0.2, -0.15) is 0 Å². The maximum absolute atomic E-state index is 12.2. The number of likely N-dealkylation sites (tertiary alicyclic amines) is 1. The summed E-state index contributed by atoms with van der Waals surface area (Å²) in [5, 5.41) is 2.88. The molecule has 2 heterocycles. The fourth-order valence-electron chi connectivity index (χ4n) is 2.77. The second kappa shape index (κ2) is 7.79. The van der Waals surface area contributed by atoms with E-state index < -0.39 is 0 Å². The van der Waals surface area contributed by atoms with Crippen molar-refractivity contribution in [2.24, 2.45) is 5.92 Å². The Morgan fingerprint density at radius 1 is 1.28 bits per heavy atom. The smallest absolute Gasteiger partial charge is 0.225 e. The molecule has 0 radical (unpaired) electrons. The highest BCUT2D eigenvalue weighted by atomic mass is 16.5. The minimum absolute atomic E-state index is 0.0479. The van der Waals surface area contributed by atoms with Crippen LogP contribution >= 0.6 is 0 Å². The number of benzene rings is 1. The summed E-state index contributed by atoms with van der Waals surface area (Å²) in [7, 11) is 0. The maximum atomic E-state index is 12.2. The Bertz CT molecular complexity index is 731. The molecule has 2 amide bonds. The molecule has 1 saturated heterocycles. The lowest BCUT2D eigenvalue weighted by Crippen LogP contribution is -2.32. The quantitative estimate of drug-likeness (QED) is 0.877. The van der Waals surface area contributed by atoms with E-state index >= 15 is 0 Å². The van der Waals surface area contributed by atoms with E-state index in [2.05, 4.69) is 10.3 Å². The van der Waals surface area contributed by atoms with Crippen LogP contribution in [0.2, 0.25) is 0 Å². The predicted octanol–water partition coefficient (Wildman–Crippen LogP) is 2.36. The Hall–Kier alpha value is -2.89. The standard InChI is InChI=1S/C19H21N3O3/c1-2-22-13-15(10-18(22)23)19(24)21-12-14-8-9-17(20-11-14)25-16-6-4-3-5-7-16/h3-9,11,15H,2,10,12-13H2,1H3,(H,21,24). The van der Waals surface area contributed by atoms with E-state index in [0.717, 1.165) is 11.3 Å². The first kappa shape index (κ1) is 17.0. The van der Waals surface area contributed by atoms with E-state index in [0.29, 0.717) is 31.9 Å². The summed E-state index contributed by atoms with van der Waals surface area (Å²) < 4.78 is 5.63. The number of hydrogen-bond donors (Lipinski definition) is 1. The molecule has 1 atom stereocenters. The fourth-order valence-corrected chi connectivity index (χ4v) is 2.77. The van der Waals surface area contributed by atoms with Gasteiger partial charge in [0.05, 0.1) is 5.92 Å². The first-order valence-corrected chi connectivity index (χ1v) is 8.39. The summed E-state index contributed by atoms with van der Waals surface area (Å²) in [6.07, 6.45) is 1.97. The summed E-state index contributed by atoms with van der Waals surface area (Å²) in [5.41, 5.74) is 0.880. The van der Waals surface area contributed by atoms with Crippen molar-refractivity contribution in [1.82, 2.24) is 15.2 Å². The van der Waals surface area contributed by atoms with Crippen LogP contribution < -0.4 is 10.1 Å². The molecule has 1 aliphatic heterocycles. The number of aromatic nitrogens is 1. The SMILES string of the molecule is CCN1CC(C(=O)NCc2ccc(Oc3ccccc3)nc2)CC1=O. The van der Waals surface area contributed by atoms with Crippen molar-refractivity contribution in [2.45, 2.75) is 19.9 Å². The summed E-state index contributed by atoms with van der Waals surface area (Å²) >= 11 is 0. The Labute approximate surface area is 146 Å². The van der Waals surface area contributed by atoms with Gasteiger partial charge in [0.2, 0.25) is 17.7 Å². The molecule has 1 aliphatic rings. The molecule has 3 rings (SSSR count). The molecule has 1 aromatic heterocycles. The van der Waals surface area contributed by atoms with Gasteiger partial charge in [-0.25, -0.2) is 4.98 Å². The zero-order chi connectivity index (χ0) is 17.6. The lowest BCUT2D eigenvalue weighted by Gasteiger charge is -2.13. The van der Waals surface area contributed by atoms with E-state index in [1.54, 1.807) is 17.2 Å². The molecule has 1 fully saturated rings. The molecule has 25 heavy (non-hydrogen) atoms. The number of nitrogens with one attached hydrogen (secondary N) is 1. The van der Waals surface area contributed by atoms with Crippen molar-refractivity contribution in [2.75, 3.05) is 13.1 Å². The summed E-state index contributed by atoms with van der Waals surface area (Å²) in [6, 6.07) is 13.1. The van der Waals surface area contributed by atoms with Gasteiger partial charge in [-0.3, -0.25) is 9.59 Å². The van der Waals surface area contributed by atoms with Crippen molar-refractivity contribution in [1.29, 1.82) is 0 Å². The topological polar surface area (TPSA) is 71.5 Å². The van der Waals surface area contributed by atoms with Gasteiger partial charge < -0.3 is 15.0 Å². The molecule has 1 unspecified atom stereocenters. The Morgan fingerprint density at radius 2 is 2.08 bits per heavy atom. The first-order valence-electron chi connectivity index (χ1n) is 8.39. The average molecular weight is 339 g/mol. The van der Waals surface area contributed by atoms with E-state index in [-0.39, 0.29) is 17.7 Å². The minimum atomic E-state index is -0.263. The van der Waals surface area contributed by atoms with Gasteiger partial charge in [0.25, 0.3) is 0 Å². The number of pyridine rings is 1. The van der Waals surface area contributed by atoms with Crippen LogP contribution in [-0.4, -0.2) is 34.8 Å². The summed E-state index contributed by atoms with van der Waals surface area (Å²) in [6.45, 7) is 3.45. The van der Waals surface area contributed by atoms with Crippen LogP contribution in [0, 0.1) is 5.92 Å². The zero-order valence-electron chi connectivity index (χ0n) is 14.1. The van der Waals surface area contributed by atoms with Gasteiger partial charge in [-0.1, -0.05) is 24.3 Å². The highest BCUT2D eigenvalue weighted by Crippen LogP contribution is 2.19. The number of nitrogens with zero attached hydrogens (tertiary/aromatic N) is 2. The van der Waals surface area contributed by atoms with Crippen molar-refractivity contribution in [3.63, 3.8) is 0 Å². The highest BCUT2D eigenvalue weighted by Gasteiger charge is 2.33. The van der Waals surface area contributed by atoms with Crippen LogP contribution in [0.4, 0.5) is 0 Å². The average Bonchev–Trinajstić information content (AvgIpc) is 3.03. The monoisotopic (exact) mass is 339 g/mol. The molecule has 0 spiro atoms. The first-order chi connectivity index (χ1) is 12.2. The summed E-state index contributed by atoms with van der Waals surface area (Å²) in [4.78, 5) is 29.9. The van der Waals surface area contributed by atoms with Crippen molar-refractivity contribution < 1.29 is 14.3 Å². The van der Waals surface area contributed by atoms with Gasteiger partial charge in [-0.15, -0.1) is 0 Å². The normalized spacial score (nSPS) is 16.8. The molecule has 6 heteroatoms. The lowest BCUT2D eigenvalue weighted by atomic mass is 10.1. The van der Waals surface area contributed by atoms with E-state index in [4.69, 9.17) is 4.74 Å². The third kappa shape index (κ3) is 4.35. The Kier molecular flexibility index (Phi) is 5.28. The molecule has 130 valence electrons. The molecule has 0 saturated carbocycles. The lowest BCUT2D eigenvalue weighted by molar-refractivity contribution is -0.128. The minimum Gasteiger partial charge on any atom is -0.439 e. The van der Waals surface area contributed by atoms with Crippen LogP contribution in [0.5, 0.6) is 11.6 Å². The number of ether oxygens (including phenoxy) is 1. The zero-order valence-corrected chi connectivity index (χ0v) is 14.1. The van der Waals surface area contributed by atoms with Crippen molar-refractivity contribution in [3.05, 3.63) is 54.2 Å². The number of para-hydroxylation sites is 1. The van der Waals surface area contributed by atoms with Crippen molar-refractivity contribution in [3.8, 4) is 11.6 Å². The molecular formula is C19H21N3O3. The van der Waals surface area contributed by atoms with Crippen LogP contribution in [0.1, 0.15) is 18.9 Å². The highest BCUT2D eigenvalue weighted by molar-refractivity contribution is 5.89. The number of rotatable bonds is 6. The molecule has 0 bridgehead atoms. The van der Waals surface area contributed by atoms with Crippen LogP contribution in [0.15, 0.2) is 48.7 Å². The Balaban J connectivity index is 1.50. The van der Waals surface area contributed by atoms with Crippen LogP contribution in [0.3, 0.4) is 0 Å². The number of amides is 2. The molecule has 2 aromatic rings. The van der Waals surface area contributed by atoms with E-state index in [1.165, 1.54) is 0 Å².